The number of nitrogens with zero attached hydrogens (tertiary/aromatic N) is 2. The number of anilines is 1. The molecule has 0 bridgehead atoms. The molecular weight excluding hydrogens is 299 g/mol. The van der Waals surface area contributed by atoms with Gasteiger partial charge in [-0.25, -0.2) is 4.98 Å². The summed E-state index contributed by atoms with van der Waals surface area (Å²) >= 11 is 1.30. The third-order valence-corrected chi connectivity index (χ3v) is 3.53. The van der Waals surface area contributed by atoms with E-state index in [1.165, 1.54) is 11.3 Å². The minimum Gasteiger partial charge on any atom is -0.367 e. The molecular formula is C14H12F3N3S. The van der Waals surface area contributed by atoms with Gasteiger partial charge in [0, 0.05) is 6.04 Å². The quantitative estimate of drug-likeness (QED) is 0.906. The Labute approximate surface area is 124 Å². The fourth-order valence-corrected chi connectivity index (χ4v) is 2.50. The Morgan fingerprint density at radius 1 is 1.38 bits per heavy atom. The number of pyridine rings is 1. The van der Waals surface area contributed by atoms with Crippen molar-refractivity contribution in [2.45, 2.75) is 26.1 Å². The van der Waals surface area contributed by atoms with Crippen molar-refractivity contribution >= 4 is 17.2 Å². The molecule has 0 amide bonds. The number of halogens is 3. The maximum Gasteiger partial charge on any atom is 0.417 e. The Morgan fingerprint density at radius 2 is 2.10 bits per heavy atom. The SMILES string of the molecule is CC(C)Nc1nc(-c2cccs2)cc(C(F)(F)F)c1C#N. The van der Waals surface area contributed by atoms with Crippen LogP contribution in [0.3, 0.4) is 0 Å². The fraction of sp³-hybridized carbons (Fsp3) is 0.286. The van der Waals surface area contributed by atoms with Crippen molar-refractivity contribution in [2.24, 2.45) is 0 Å². The number of hydrogen-bond acceptors (Lipinski definition) is 4. The maximum atomic E-state index is 13.2. The highest BCUT2D eigenvalue weighted by Crippen LogP contribution is 2.37. The summed E-state index contributed by atoms with van der Waals surface area (Å²) in [4.78, 5) is 4.80. The summed E-state index contributed by atoms with van der Waals surface area (Å²) in [7, 11) is 0. The molecule has 2 aromatic rings. The van der Waals surface area contributed by atoms with Crippen molar-refractivity contribution < 1.29 is 13.2 Å². The lowest BCUT2D eigenvalue weighted by Crippen LogP contribution is -2.16. The molecule has 2 rings (SSSR count). The second kappa shape index (κ2) is 5.74. The van der Waals surface area contributed by atoms with Gasteiger partial charge in [0.2, 0.25) is 0 Å². The lowest BCUT2D eigenvalue weighted by atomic mass is 10.1. The van der Waals surface area contributed by atoms with Crippen LogP contribution in [0.1, 0.15) is 25.0 Å². The summed E-state index contributed by atoms with van der Waals surface area (Å²) < 4.78 is 39.5. The highest BCUT2D eigenvalue weighted by Gasteiger charge is 2.36. The monoisotopic (exact) mass is 311 g/mol. The van der Waals surface area contributed by atoms with Crippen molar-refractivity contribution in [3.63, 3.8) is 0 Å². The maximum absolute atomic E-state index is 13.2. The average Bonchev–Trinajstić information content (AvgIpc) is 2.89. The van der Waals surface area contributed by atoms with E-state index in [1.54, 1.807) is 37.4 Å². The Balaban J connectivity index is 2.69. The zero-order valence-electron chi connectivity index (χ0n) is 11.3. The third kappa shape index (κ3) is 3.34. The van der Waals surface area contributed by atoms with Gasteiger partial charge in [0.05, 0.1) is 16.1 Å². The van der Waals surface area contributed by atoms with E-state index < -0.39 is 17.3 Å². The summed E-state index contributed by atoms with van der Waals surface area (Å²) in [6.07, 6.45) is -4.60. The number of hydrogen-bond donors (Lipinski definition) is 1. The highest BCUT2D eigenvalue weighted by molar-refractivity contribution is 7.13. The van der Waals surface area contributed by atoms with Crippen LogP contribution >= 0.6 is 11.3 Å². The van der Waals surface area contributed by atoms with Gasteiger partial charge in [0.1, 0.15) is 17.5 Å². The predicted octanol–water partition coefficient (Wildman–Crippen LogP) is 4.52. The van der Waals surface area contributed by atoms with Crippen LogP contribution in [0.15, 0.2) is 23.6 Å². The summed E-state index contributed by atoms with van der Waals surface area (Å²) in [5.41, 5.74) is -1.23. The molecule has 0 radical (unpaired) electrons. The van der Waals surface area contributed by atoms with E-state index in [-0.39, 0.29) is 17.6 Å². The van der Waals surface area contributed by atoms with E-state index in [9.17, 15) is 13.2 Å². The van der Waals surface area contributed by atoms with Crippen LogP contribution in [0, 0.1) is 11.3 Å². The Morgan fingerprint density at radius 3 is 2.57 bits per heavy atom. The summed E-state index contributed by atoms with van der Waals surface area (Å²) in [5.74, 6) is -0.0364. The minimum atomic E-state index is -4.60. The fourth-order valence-electron chi connectivity index (χ4n) is 1.81. The summed E-state index contributed by atoms with van der Waals surface area (Å²) in [6, 6.07) is 5.83. The second-order valence-electron chi connectivity index (χ2n) is 4.66. The van der Waals surface area contributed by atoms with Crippen LogP contribution in [0.2, 0.25) is 0 Å². The first-order valence-corrected chi connectivity index (χ1v) is 7.03. The molecule has 0 unspecified atom stereocenters. The molecule has 0 aliphatic heterocycles. The summed E-state index contributed by atoms with van der Waals surface area (Å²) in [5, 5.41) is 13.6. The normalized spacial score (nSPS) is 11.5. The lowest BCUT2D eigenvalue weighted by molar-refractivity contribution is -0.137. The zero-order chi connectivity index (χ0) is 15.6. The van der Waals surface area contributed by atoms with Gasteiger partial charge >= 0.3 is 6.18 Å². The van der Waals surface area contributed by atoms with Gasteiger partial charge in [-0.05, 0) is 31.4 Å². The summed E-state index contributed by atoms with van der Waals surface area (Å²) in [6.45, 7) is 3.54. The second-order valence-corrected chi connectivity index (χ2v) is 5.61. The van der Waals surface area contributed by atoms with Crippen LogP contribution in [0.4, 0.5) is 19.0 Å². The number of nitriles is 1. The molecule has 110 valence electrons. The number of thiophene rings is 1. The van der Waals surface area contributed by atoms with E-state index in [1.807, 2.05) is 0 Å². The van der Waals surface area contributed by atoms with Gasteiger partial charge in [0.15, 0.2) is 0 Å². The Kier molecular flexibility index (Phi) is 4.19. The van der Waals surface area contributed by atoms with Crippen LogP contribution in [0.5, 0.6) is 0 Å². The van der Waals surface area contributed by atoms with Crippen LogP contribution in [-0.4, -0.2) is 11.0 Å². The molecule has 0 fully saturated rings. The molecule has 0 atom stereocenters. The number of nitrogens with one attached hydrogen (secondary N) is 1. The molecule has 0 aliphatic carbocycles. The van der Waals surface area contributed by atoms with Gasteiger partial charge in [0.25, 0.3) is 0 Å². The van der Waals surface area contributed by atoms with Crippen molar-refractivity contribution in [1.82, 2.24) is 4.98 Å². The predicted molar refractivity (Wildman–Crippen MR) is 76.0 cm³/mol. The molecule has 0 aromatic carbocycles. The minimum absolute atomic E-state index is 0.0364. The van der Waals surface area contributed by atoms with Crippen molar-refractivity contribution in [1.29, 1.82) is 5.26 Å². The van der Waals surface area contributed by atoms with Crippen molar-refractivity contribution in [2.75, 3.05) is 5.32 Å². The third-order valence-electron chi connectivity index (χ3n) is 2.64. The van der Waals surface area contributed by atoms with Crippen molar-refractivity contribution in [3.8, 4) is 16.6 Å². The molecule has 0 saturated heterocycles. The van der Waals surface area contributed by atoms with Gasteiger partial charge in [-0.1, -0.05) is 6.07 Å². The molecule has 0 saturated carbocycles. The molecule has 0 spiro atoms. The smallest absolute Gasteiger partial charge is 0.367 e. The van der Waals surface area contributed by atoms with Gasteiger partial charge < -0.3 is 5.32 Å². The van der Waals surface area contributed by atoms with Gasteiger partial charge in [-0.15, -0.1) is 11.3 Å². The topological polar surface area (TPSA) is 48.7 Å². The molecule has 0 aliphatic rings. The van der Waals surface area contributed by atoms with Gasteiger partial charge in [-0.3, -0.25) is 0 Å². The first kappa shape index (κ1) is 15.3. The zero-order valence-corrected chi connectivity index (χ0v) is 12.1. The van der Waals surface area contributed by atoms with Crippen molar-refractivity contribution in [3.05, 3.63) is 34.7 Å². The number of aromatic nitrogens is 1. The molecule has 2 aromatic heterocycles. The first-order chi connectivity index (χ1) is 9.82. The Hall–Kier alpha value is -2.07. The molecule has 21 heavy (non-hydrogen) atoms. The number of rotatable bonds is 3. The standard InChI is InChI=1S/C14H12F3N3S/c1-8(2)19-13-9(7-18)10(14(15,16)17)6-11(20-13)12-4-3-5-21-12/h3-6,8H,1-2H3,(H,19,20). The average molecular weight is 311 g/mol. The number of alkyl halides is 3. The highest BCUT2D eigenvalue weighted by atomic mass is 32.1. The van der Waals surface area contributed by atoms with Crippen LogP contribution in [-0.2, 0) is 6.18 Å². The largest absolute Gasteiger partial charge is 0.417 e. The van der Waals surface area contributed by atoms with E-state index in [4.69, 9.17) is 5.26 Å². The van der Waals surface area contributed by atoms with Crippen LogP contribution in [0.25, 0.3) is 10.6 Å². The van der Waals surface area contributed by atoms with E-state index in [2.05, 4.69) is 10.3 Å². The van der Waals surface area contributed by atoms with E-state index in [0.29, 0.717) is 4.88 Å². The molecule has 3 nitrogen and oxygen atoms in total. The molecule has 2 heterocycles. The molecule has 1 N–H and O–H groups in total. The van der Waals surface area contributed by atoms with E-state index >= 15 is 0 Å². The Bertz CT molecular complexity index is 670. The molecule has 7 heteroatoms. The lowest BCUT2D eigenvalue weighted by Gasteiger charge is -2.16. The first-order valence-electron chi connectivity index (χ1n) is 6.15. The van der Waals surface area contributed by atoms with Crippen LogP contribution < -0.4 is 5.32 Å². The van der Waals surface area contributed by atoms with E-state index in [0.717, 1.165) is 6.07 Å². The van der Waals surface area contributed by atoms with Gasteiger partial charge in [-0.2, -0.15) is 18.4 Å².